The van der Waals surface area contributed by atoms with E-state index in [1.54, 1.807) is 22.7 Å². The Morgan fingerprint density at radius 2 is 1.95 bits per heavy atom. The van der Waals surface area contributed by atoms with E-state index in [4.69, 9.17) is 9.97 Å². The lowest BCUT2D eigenvalue weighted by Gasteiger charge is -2.15. The van der Waals surface area contributed by atoms with Gasteiger partial charge in [0.25, 0.3) is 0 Å². The van der Waals surface area contributed by atoms with Crippen molar-refractivity contribution in [2.24, 2.45) is 0 Å². The second-order valence-corrected chi connectivity index (χ2v) is 8.10. The SMILES string of the molecule is CCNC(c1csc(C(C)(C)C)n1)c1nc(C)c(C)s1. The number of nitrogens with one attached hydrogen (secondary N) is 1. The van der Waals surface area contributed by atoms with Crippen molar-refractivity contribution in [3.05, 3.63) is 31.7 Å². The van der Waals surface area contributed by atoms with Gasteiger partial charge in [0.2, 0.25) is 0 Å². The standard InChI is InChI=1S/C15H23N3S2/c1-7-16-12(13-17-9(2)10(3)20-13)11-8-19-14(18-11)15(4,5)6/h8,12,16H,7H2,1-6H3. The van der Waals surface area contributed by atoms with Crippen LogP contribution in [0.1, 0.15) is 60.0 Å². The van der Waals surface area contributed by atoms with Gasteiger partial charge in [-0.1, -0.05) is 27.7 Å². The first-order valence-electron chi connectivity index (χ1n) is 6.96. The fourth-order valence-electron chi connectivity index (χ4n) is 1.91. The van der Waals surface area contributed by atoms with E-state index in [1.807, 2.05) is 0 Å². The van der Waals surface area contributed by atoms with Gasteiger partial charge in [-0.25, -0.2) is 9.97 Å². The van der Waals surface area contributed by atoms with Crippen LogP contribution in [0, 0.1) is 13.8 Å². The van der Waals surface area contributed by atoms with Gasteiger partial charge in [-0.15, -0.1) is 22.7 Å². The molecule has 2 aromatic heterocycles. The Bertz CT molecular complexity index is 559. The molecule has 0 aliphatic heterocycles. The number of rotatable bonds is 4. The highest BCUT2D eigenvalue weighted by Gasteiger charge is 2.24. The van der Waals surface area contributed by atoms with Crippen LogP contribution in [-0.4, -0.2) is 16.5 Å². The van der Waals surface area contributed by atoms with E-state index in [2.05, 4.69) is 52.2 Å². The van der Waals surface area contributed by atoms with Crippen molar-refractivity contribution in [3.8, 4) is 0 Å². The molecular formula is C15H23N3S2. The molecule has 0 aromatic carbocycles. The van der Waals surface area contributed by atoms with Crippen molar-refractivity contribution in [2.75, 3.05) is 6.54 Å². The predicted molar refractivity (Wildman–Crippen MR) is 87.9 cm³/mol. The summed E-state index contributed by atoms with van der Waals surface area (Å²) >= 11 is 3.51. The quantitative estimate of drug-likeness (QED) is 0.919. The lowest BCUT2D eigenvalue weighted by atomic mass is 9.98. The zero-order valence-electron chi connectivity index (χ0n) is 13.1. The second-order valence-electron chi connectivity index (χ2n) is 6.01. The summed E-state index contributed by atoms with van der Waals surface area (Å²) in [5.74, 6) is 0. The molecule has 1 atom stereocenters. The molecule has 1 unspecified atom stereocenters. The summed E-state index contributed by atoms with van der Waals surface area (Å²) in [5.41, 5.74) is 2.32. The van der Waals surface area contributed by atoms with Gasteiger partial charge in [-0.3, -0.25) is 0 Å². The average molecular weight is 310 g/mol. The molecule has 0 aliphatic rings. The third kappa shape index (κ3) is 3.27. The third-order valence-electron chi connectivity index (χ3n) is 3.16. The summed E-state index contributed by atoms with van der Waals surface area (Å²) in [6, 6.07) is 0.116. The highest BCUT2D eigenvalue weighted by atomic mass is 32.1. The molecule has 1 N–H and O–H groups in total. The van der Waals surface area contributed by atoms with Crippen LogP contribution in [0.5, 0.6) is 0 Å². The van der Waals surface area contributed by atoms with Crippen LogP contribution >= 0.6 is 22.7 Å². The molecule has 2 aromatic rings. The molecule has 5 heteroatoms. The number of aromatic nitrogens is 2. The molecule has 110 valence electrons. The summed E-state index contributed by atoms with van der Waals surface area (Å²) in [7, 11) is 0. The van der Waals surface area contributed by atoms with Crippen LogP contribution < -0.4 is 5.32 Å². The normalized spacial score (nSPS) is 13.7. The molecule has 0 bridgehead atoms. The summed E-state index contributed by atoms with van der Waals surface area (Å²) < 4.78 is 0. The van der Waals surface area contributed by atoms with E-state index >= 15 is 0 Å². The maximum absolute atomic E-state index is 4.84. The van der Waals surface area contributed by atoms with Crippen LogP contribution in [0.15, 0.2) is 5.38 Å². The number of nitrogens with zero attached hydrogens (tertiary/aromatic N) is 2. The summed E-state index contributed by atoms with van der Waals surface area (Å²) in [6.07, 6.45) is 0. The Balaban J connectivity index is 2.36. The van der Waals surface area contributed by atoms with Gasteiger partial charge in [0.15, 0.2) is 0 Å². The monoisotopic (exact) mass is 309 g/mol. The molecule has 20 heavy (non-hydrogen) atoms. The minimum absolute atomic E-state index is 0.106. The van der Waals surface area contributed by atoms with Crippen molar-refractivity contribution >= 4 is 22.7 Å². The minimum Gasteiger partial charge on any atom is -0.303 e. The fourth-order valence-corrected chi connectivity index (χ4v) is 3.85. The van der Waals surface area contributed by atoms with Crippen molar-refractivity contribution in [1.82, 2.24) is 15.3 Å². The van der Waals surface area contributed by atoms with Gasteiger partial charge in [0, 0.05) is 15.7 Å². The van der Waals surface area contributed by atoms with E-state index < -0.39 is 0 Å². The molecule has 0 fully saturated rings. The molecule has 0 aliphatic carbocycles. The summed E-state index contributed by atoms with van der Waals surface area (Å²) in [6.45, 7) is 13.8. The maximum atomic E-state index is 4.84. The lowest BCUT2D eigenvalue weighted by Crippen LogP contribution is -2.22. The molecular weight excluding hydrogens is 286 g/mol. The van der Waals surface area contributed by atoms with Crippen LogP contribution in [0.3, 0.4) is 0 Å². The van der Waals surface area contributed by atoms with Crippen molar-refractivity contribution in [2.45, 2.75) is 53.0 Å². The van der Waals surface area contributed by atoms with Gasteiger partial charge in [-0.2, -0.15) is 0 Å². The lowest BCUT2D eigenvalue weighted by molar-refractivity contribution is 0.569. The highest BCUT2D eigenvalue weighted by Crippen LogP contribution is 2.32. The van der Waals surface area contributed by atoms with Crippen molar-refractivity contribution in [3.63, 3.8) is 0 Å². The number of hydrogen-bond donors (Lipinski definition) is 1. The fraction of sp³-hybridized carbons (Fsp3) is 0.600. The average Bonchev–Trinajstić information content (AvgIpc) is 2.94. The van der Waals surface area contributed by atoms with Crippen molar-refractivity contribution < 1.29 is 0 Å². The van der Waals surface area contributed by atoms with Gasteiger partial charge >= 0.3 is 0 Å². The van der Waals surface area contributed by atoms with Crippen LogP contribution in [-0.2, 0) is 5.41 Å². The molecule has 0 spiro atoms. The topological polar surface area (TPSA) is 37.8 Å². The first-order valence-corrected chi connectivity index (χ1v) is 8.65. The predicted octanol–water partition coefficient (Wildman–Crippen LogP) is 4.21. The zero-order valence-corrected chi connectivity index (χ0v) is 14.7. The molecule has 0 radical (unpaired) electrons. The van der Waals surface area contributed by atoms with E-state index in [1.165, 1.54) is 9.88 Å². The summed E-state index contributed by atoms with van der Waals surface area (Å²) in [5, 5.41) is 7.98. The minimum atomic E-state index is 0.106. The Morgan fingerprint density at radius 3 is 2.40 bits per heavy atom. The Kier molecular flexibility index (Phi) is 4.62. The second kappa shape index (κ2) is 5.92. The molecule has 2 rings (SSSR count). The van der Waals surface area contributed by atoms with E-state index in [0.717, 1.165) is 22.9 Å². The number of aryl methyl sites for hydroxylation is 2. The largest absolute Gasteiger partial charge is 0.303 e. The third-order valence-corrected chi connectivity index (χ3v) is 5.58. The Hall–Kier alpha value is -0.780. The van der Waals surface area contributed by atoms with Crippen molar-refractivity contribution in [1.29, 1.82) is 0 Å². The van der Waals surface area contributed by atoms with E-state index in [9.17, 15) is 0 Å². The molecule has 2 heterocycles. The first-order chi connectivity index (χ1) is 9.32. The Labute approximate surface area is 129 Å². The van der Waals surface area contributed by atoms with E-state index in [-0.39, 0.29) is 11.5 Å². The highest BCUT2D eigenvalue weighted by molar-refractivity contribution is 7.12. The van der Waals surface area contributed by atoms with Gasteiger partial charge in [0.05, 0.1) is 16.4 Å². The number of hydrogen-bond acceptors (Lipinski definition) is 5. The smallest absolute Gasteiger partial charge is 0.116 e. The molecule has 0 saturated heterocycles. The first kappa shape index (κ1) is 15.6. The molecule has 3 nitrogen and oxygen atoms in total. The van der Waals surface area contributed by atoms with Gasteiger partial charge in [-0.05, 0) is 20.4 Å². The van der Waals surface area contributed by atoms with Crippen LogP contribution in [0.4, 0.5) is 0 Å². The van der Waals surface area contributed by atoms with Crippen LogP contribution in [0.25, 0.3) is 0 Å². The van der Waals surface area contributed by atoms with Crippen LogP contribution in [0.2, 0.25) is 0 Å². The molecule has 0 saturated carbocycles. The number of thiazole rings is 2. The van der Waals surface area contributed by atoms with Gasteiger partial charge < -0.3 is 5.32 Å². The maximum Gasteiger partial charge on any atom is 0.116 e. The zero-order chi connectivity index (χ0) is 14.9. The summed E-state index contributed by atoms with van der Waals surface area (Å²) in [4.78, 5) is 10.8. The van der Waals surface area contributed by atoms with E-state index in [0.29, 0.717) is 0 Å². The molecule has 0 amide bonds. The van der Waals surface area contributed by atoms with Gasteiger partial charge in [0.1, 0.15) is 11.0 Å². The Morgan fingerprint density at radius 1 is 1.25 bits per heavy atom.